The Morgan fingerprint density at radius 3 is 2.29 bits per heavy atom. The molecular formula is C10H16O6S. The third kappa shape index (κ3) is 3.99. The minimum Gasteiger partial charge on any atom is -0.481 e. The van der Waals surface area contributed by atoms with E-state index in [1.54, 1.807) is 0 Å². The van der Waals surface area contributed by atoms with E-state index in [0.29, 0.717) is 12.8 Å². The summed E-state index contributed by atoms with van der Waals surface area (Å²) in [4.78, 5) is 22.1. The van der Waals surface area contributed by atoms with Crippen molar-refractivity contribution < 1.29 is 27.9 Å². The van der Waals surface area contributed by atoms with Crippen molar-refractivity contribution in [3.05, 3.63) is 0 Å². The summed E-state index contributed by atoms with van der Waals surface area (Å²) in [6.07, 6.45) is 0.406. The fourth-order valence-corrected chi connectivity index (χ4v) is 3.56. The number of esters is 1. The summed E-state index contributed by atoms with van der Waals surface area (Å²) in [7, 11) is -1.82. The quantitative estimate of drug-likeness (QED) is 0.722. The SMILES string of the molecule is COC(=O)C[C@@H](C(=O)O)C1CCS(=O)(=O)CC1. The third-order valence-corrected chi connectivity index (χ3v) is 4.82. The third-order valence-electron chi connectivity index (χ3n) is 3.10. The first kappa shape index (κ1) is 14.0. The second-order valence-electron chi connectivity index (χ2n) is 4.21. The lowest BCUT2D eigenvalue weighted by Gasteiger charge is -2.26. The average Bonchev–Trinajstić information content (AvgIpc) is 2.26. The second kappa shape index (κ2) is 5.48. The van der Waals surface area contributed by atoms with Gasteiger partial charge in [0, 0.05) is 0 Å². The molecule has 1 aliphatic rings. The van der Waals surface area contributed by atoms with Crippen molar-refractivity contribution in [2.75, 3.05) is 18.6 Å². The van der Waals surface area contributed by atoms with Gasteiger partial charge in [0.05, 0.1) is 31.0 Å². The number of carbonyl (C=O) groups is 2. The maximum Gasteiger partial charge on any atom is 0.307 e. The van der Waals surface area contributed by atoms with E-state index in [2.05, 4.69) is 4.74 Å². The van der Waals surface area contributed by atoms with Gasteiger partial charge in [0.1, 0.15) is 9.84 Å². The van der Waals surface area contributed by atoms with Gasteiger partial charge in [0.15, 0.2) is 0 Å². The molecule has 1 atom stereocenters. The maximum absolute atomic E-state index is 11.2. The van der Waals surface area contributed by atoms with Crippen LogP contribution in [0, 0.1) is 11.8 Å². The molecule has 0 bridgehead atoms. The van der Waals surface area contributed by atoms with Crippen LogP contribution in [0.2, 0.25) is 0 Å². The minimum absolute atomic E-state index is 0.00260. The van der Waals surface area contributed by atoms with Gasteiger partial charge in [-0.1, -0.05) is 0 Å². The van der Waals surface area contributed by atoms with E-state index in [0.717, 1.165) is 0 Å². The van der Waals surface area contributed by atoms with E-state index in [9.17, 15) is 18.0 Å². The molecule has 0 aromatic heterocycles. The molecule has 0 unspecified atom stereocenters. The van der Waals surface area contributed by atoms with Crippen LogP contribution in [0.5, 0.6) is 0 Å². The first-order valence-electron chi connectivity index (χ1n) is 5.36. The molecule has 1 rings (SSSR count). The standard InChI is InChI=1S/C10H16O6S/c1-16-9(11)6-8(10(12)13)7-2-4-17(14,15)5-3-7/h7-8H,2-6H2,1H3,(H,12,13)/t8-/m1/s1. The van der Waals surface area contributed by atoms with Gasteiger partial charge in [0.25, 0.3) is 0 Å². The lowest BCUT2D eigenvalue weighted by atomic mass is 9.85. The first-order valence-corrected chi connectivity index (χ1v) is 7.18. The number of rotatable bonds is 4. The van der Waals surface area contributed by atoms with Gasteiger partial charge in [-0.05, 0) is 18.8 Å². The number of carboxylic acid groups (broad SMARTS) is 1. The molecule has 98 valence electrons. The largest absolute Gasteiger partial charge is 0.481 e. The highest BCUT2D eigenvalue weighted by molar-refractivity contribution is 7.91. The summed E-state index contributed by atoms with van der Waals surface area (Å²) < 4.78 is 26.9. The van der Waals surface area contributed by atoms with Gasteiger partial charge >= 0.3 is 11.9 Å². The van der Waals surface area contributed by atoms with Gasteiger partial charge in [-0.3, -0.25) is 9.59 Å². The van der Waals surface area contributed by atoms with Gasteiger partial charge in [-0.2, -0.15) is 0 Å². The second-order valence-corrected chi connectivity index (χ2v) is 6.52. The number of ether oxygens (including phenoxy) is 1. The van der Waals surface area contributed by atoms with Gasteiger partial charge < -0.3 is 9.84 Å². The lowest BCUT2D eigenvalue weighted by Crippen LogP contribution is -2.33. The molecular weight excluding hydrogens is 248 g/mol. The molecule has 0 saturated carbocycles. The summed E-state index contributed by atoms with van der Waals surface area (Å²) in [6, 6.07) is 0. The predicted molar refractivity (Wildman–Crippen MR) is 59.1 cm³/mol. The van der Waals surface area contributed by atoms with E-state index in [4.69, 9.17) is 5.11 Å². The molecule has 1 aliphatic heterocycles. The zero-order valence-electron chi connectivity index (χ0n) is 9.59. The molecule has 1 heterocycles. The molecule has 0 aliphatic carbocycles. The van der Waals surface area contributed by atoms with Crippen LogP contribution in [0.1, 0.15) is 19.3 Å². The van der Waals surface area contributed by atoms with E-state index in [1.807, 2.05) is 0 Å². The number of sulfone groups is 1. The highest BCUT2D eigenvalue weighted by atomic mass is 32.2. The Hall–Kier alpha value is -1.11. The predicted octanol–water partition coefficient (Wildman–Crippen LogP) is 0.0751. The first-order chi connectivity index (χ1) is 7.85. The Bertz CT molecular complexity index is 385. The number of hydrogen-bond donors (Lipinski definition) is 1. The van der Waals surface area contributed by atoms with Crippen LogP contribution in [0.25, 0.3) is 0 Å². The van der Waals surface area contributed by atoms with Gasteiger partial charge in [0.2, 0.25) is 0 Å². The monoisotopic (exact) mass is 264 g/mol. The summed E-state index contributed by atoms with van der Waals surface area (Å²) in [5.41, 5.74) is 0. The Morgan fingerprint density at radius 2 is 1.88 bits per heavy atom. The van der Waals surface area contributed by atoms with E-state index in [-0.39, 0.29) is 23.8 Å². The highest BCUT2D eigenvalue weighted by Crippen LogP contribution is 2.29. The van der Waals surface area contributed by atoms with E-state index in [1.165, 1.54) is 7.11 Å². The molecule has 0 spiro atoms. The van der Waals surface area contributed by atoms with Crippen molar-refractivity contribution in [2.24, 2.45) is 11.8 Å². The van der Waals surface area contributed by atoms with Crippen LogP contribution in [-0.4, -0.2) is 44.1 Å². The molecule has 0 aromatic rings. The van der Waals surface area contributed by atoms with Crippen molar-refractivity contribution in [2.45, 2.75) is 19.3 Å². The molecule has 0 aromatic carbocycles. The molecule has 7 heteroatoms. The van der Waals surface area contributed by atoms with Crippen molar-refractivity contribution in [3.63, 3.8) is 0 Å². The zero-order chi connectivity index (χ0) is 13.1. The smallest absolute Gasteiger partial charge is 0.307 e. The fourth-order valence-electron chi connectivity index (χ4n) is 2.03. The topological polar surface area (TPSA) is 97.7 Å². The molecule has 0 radical (unpaired) electrons. The summed E-state index contributed by atoms with van der Waals surface area (Å²) >= 11 is 0. The number of methoxy groups -OCH3 is 1. The van der Waals surface area contributed by atoms with Crippen LogP contribution in [0.4, 0.5) is 0 Å². The van der Waals surface area contributed by atoms with Crippen molar-refractivity contribution in [1.29, 1.82) is 0 Å². The molecule has 1 saturated heterocycles. The molecule has 0 amide bonds. The molecule has 1 fully saturated rings. The lowest BCUT2D eigenvalue weighted by molar-refractivity contribution is -0.151. The highest BCUT2D eigenvalue weighted by Gasteiger charge is 2.35. The van der Waals surface area contributed by atoms with E-state index < -0.39 is 27.7 Å². The molecule has 17 heavy (non-hydrogen) atoms. The normalized spacial score (nSPS) is 21.7. The van der Waals surface area contributed by atoms with Crippen LogP contribution in [0.3, 0.4) is 0 Å². The van der Waals surface area contributed by atoms with E-state index >= 15 is 0 Å². The number of aliphatic carboxylic acids is 1. The Labute approximate surface area is 99.9 Å². The minimum atomic E-state index is -3.02. The van der Waals surface area contributed by atoms with Crippen LogP contribution < -0.4 is 0 Å². The van der Waals surface area contributed by atoms with Crippen molar-refractivity contribution >= 4 is 21.8 Å². The average molecular weight is 264 g/mol. The Morgan fingerprint density at radius 1 is 1.35 bits per heavy atom. The van der Waals surface area contributed by atoms with Crippen molar-refractivity contribution in [3.8, 4) is 0 Å². The fraction of sp³-hybridized carbons (Fsp3) is 0.800. The zero-order valence-corrected chi connectivity index (χ0v) is 10.4. The summed E-state index contributed by atoms with van der Waals surface area (Å²) in [5.74, 6) is -2.76. The van der Waals surface area contributed by atoms with Gasteiger partial charge in [-0.25, -0.2) is 8.42 Å². The van der Waals surface area contributed by atoms with Crippen molar-refractivity contribution in [1.82, 2.24) is 0 Å². The maximum atomic E-state index is 11.2. The Kier molecular flexibility index (Phi) is 4.50. The van der Waals surface area contributed by atoms with Gasteiger partial charge in [-0.15, -0.1) is 0 Å². The van der Waals surface area contributed by atoms with Crippen LogP contribution >= 0.6 is 0 Å². The van der Waals surface area contributed by atoms with Crippen LogP contribution in [-0.2, 0) is 24.2 Å². The number of carbonyl (C=O) groups excluding carboxylic acids is 1. The summed E-state index contributed by atoms with van der Waals surface area (Å²) in [6.45, 7) is 0. The van der Waals surface area contributed by atoms with Crippen LogP contribution in [0.15, 0.2) is 0 Å². The molecule has 1 N–H and O–H groups in total. The molecule has 6 nitrogen and oxygen atoms in total. The Balaban J connectivity index is 2.67. The number of hydrogen-bond acceptors (Lipinski definition) is 5. The number of carboxylic acids is 1. The summed E-state index contributed by atoms with van der Waals surface area (Å²) in [5, 5.41) is 9.04.